The number of carbonyl (C=O) groups is 2. The van der Waals surface area contributed by atoms with Gasteiger partial charge in [0.05, 0.1) is 6.20 Å². The lowest BCUT2D eigenvalue weighted by molar-refractivity contribution is -0.122. The summed E-state index contributed by atoms with van der Waals surface area (Å²) >= 11 is 0. The van der Waals surface area contributed by atoms with Gasteiger partial charge in [0.1, 0.15) is 11.4 Å². The molecule has 0 fully saturated rings. The van der Waals surface area contributed by atoms with Crippen LogP contribution in [0.1, 0.15) is 17.4 Å². The molecule has 0 bridgehead atoms. The fraction of sp³-hybridized carbons (Fsp3) is 0.300. The molecule has 0 aromatic carbocycles. The highest BCUT2D eigenvalue weighted by Crippen LogP contribution is 2.07. The Kier molecular flexibility index (Phi) is 4.28. The molecular weight excluding hydrogens is 196 g/mol. The van der Waals surface area contributed by atoms with Crippen molar-refractivity contribution in [2.24, 2.45) is 0 Å². The summed E-state index contributed by atoms with van der Waals surface area (Å²) in [5.41, 5.74) is 0.334. The summed E-state index contributed by atoms with van der Waals surface area (Å²) in [6.45, 7) is 2.36. The molecule has 0 spiro atoms. The van der Waals surface area contributed by atoms with Gasteiger partial charge in [0.15, 0.2) is 12.9 Å². The van der Waals surface area contributed by atoms with E-state index in [-0.39, 0.29) is 12.5 Å². The van der Waals surface area contributed by atoms with Crippen molar-refractivity contribution in [3.05, 3.63) is 24.0 Å². The monoisotopic (exact) mass is 208 g/mol. The van der Waals surface area contributed by atoms with E-state index in [1.165, 1.54) is 12.3 Å². The normalized spacial score (nSPS) is 9.40. The lowest BCUT2D eigenvalue weighted by atomic mass is 10.4. The number of ether oxygens (including phenoxy) is 1. The predicted octanol–water partition coefficient (Wildman–Crippen LogP) is 0.409. The molecule has 15 heavy (non-hydrogen) atoms. The van der Waals surface area contributed by atoms with E-state index in [0.29, 0.717) is 24.3 Å². The largest absolute Gasteiger partial charge is 0.482 e. The van der Waals surface area contributed by atoms with Crippen molar-refractivity contribution < 1.29 is 14.3 Å². The van der Waals surface area contributed by atoms with Gasteiger partial charge in [-0.15, -0.1) is 0 Å². The summed E-state index contributed by atoms with van der Waals surface area (Å²) in [4.78, 5) is 25.1. The summed E-state index contributed by atoms with van der Waals surface area (Å²) in [7, 11) is 0. The zero-order valence-electron chi connectivity index (χ0n) is 8.40. The Labute approximate surface area is 87.5 Å². The van der Waals surface area contributed by atoms with Gasteiger partial charge in [-0.25, -0.2) is 4.98 Å². The van der Waals surface area contributed by atoms with Crippen molar-refractivity contribution in [1.82, 2.24) is 10.3 Å². The Balaban J connectivity index is 2.44. The summed E-state index contributed by atoms with van der Waals surface area (Å²) in [6, 6.07) is 3.12. The molecule has 5 heteroatoms. The van der Waals surface area contributed by atoms with Crippen LogP contribution in [0.3, 0.4) is 0 Å². The van der Waals surface area contributed by atoms with Gasteiger partial charge in [0.2, 0.25) is 0 Å². The number of aromatic nitrogens is 1. The molecule has 0 aliphatic heterocycles. The van der Waals surface area contributed by atoms with Crippen LogP contribution in [0.5, 0.6) is 5.75 Å². The average molecular weight is 208 g/mol. The van der Waals surface area contributed by atoms with E-state index in [1.807, 2.05) is 6.92 Å². The highest BCUT2D eigenvalue weighted by molar-refractivity contribution is 5.77. The minimum atomic E-state index is -0.183. The molecule has 0 saturated heterocycles. The second-order valence-electron chi connectivity index (χ2n) is 2.78. The molecule has 0 unspecified atom stereocenters. The fourth-order valence-electron chi connectivity index (χ4n) is 0.944. The van der Waals surface area contributed by atoms with E-state index in [9.17, 15) is 9.59 Å². The lowest BCUT2D eigenvalue weighted by Crippen LogP contribution is -2.28. The van der Waals surface area contributed by atoms with Gasteiger partial charge in [-0.05, 0) is 19.1 Å². The van der Waals surface area contributed by atoms with Gasteiger partial charge in [0.25, 0.3) is 5.91 Å². The molecule has 1 aromatic heterocycles. The second-order valence-corrected chi connectivity index (χ2v) is 2.78. The standard InChI is InChI=1S/C10H12N2O3/c1-2-11-10(14)7-15-9-4-3-8(6-13)12-5-9/h3-6H,2,7H2,1H3,(H,11,14). The Morgan fingerprint density at radius 1 is 1.60 bits per heavy atom. The first-order valence-electron chi connectivity index (χ1n) is 4.57. The number of amides is 1. The quantitative estimate of drug-likeness (QED) is 0.711. The molecule has 1 aromatic rings. The molecule has 0 atom stereocenters. The van der Waals surface area contributed by atoms with E-state index in [1.54, 1.807) is 6.07 Å². The van der Waals surface area contributed by atoms with Crippen LogP contribution in [0, 0.1) is 0 Å². The minimum Gasteiger partial charge on any atom is -0.482 e. The Hall–Kier alpha value is -1.91. The number of likely N-dealkylation sites (N-methyl/N-ethyl adjacent to an activating group) is 1. The fourth-order valence-corrected chi connectivity index (χ4v) is 0.944. The van der Waals surface area contributed by atoms with E-state index >= 15 is 0 Å². The van der Waals surface area contributed by atoms with E-state index in [4.69, 9.17) is 4.74 Å². The first-order valence-corrected chi connectivity index (χ1v) is 4.57. The minimum absolute atomic E-state index is 0.0457. The van der Waals surface area contributed by atoms with Crippen molar-refractivity contribution in [3.63, 3.8) is 0 Å². The molecule has 0 aliphatic rings. The molecule has 1 N–H and O–H groups in total. The summed E-state index contributed by atoms with van der Waals surface area (Å²) in [6.07, 6.45) is 2.05. The number of carbonyl (C=O) groups excluding carboxylic acids is 2. The van der Waals surface area contributed by atoms with E-state index in [0.717, 1.165) is 0 Å². The highest BCUT2D eigenvalue weighted by atomic mass is 16.5. The number of rotatable bonds is 5. The van der Waals surface area contributed by atoms with Crippen molar-refractivity contribution in [2.75, 3.05) is 13.2 Å². The van der Waals surface area contributed by atoms with Crippen LogP contribution in [-0.2, 0) is 4.79 Å². The van der Waals surface area contributed by atoms with Gasteiger partial charge in [-0.1, -0.05) is 0 Å². The average Bonchev–Trinajstić information content (AvgIpc) is 2.27. The van der Waals surface area contributed by atoms with Gasteiger partial charge >= 0.3 is 0 Å². The first kappa shape index (κ1) is 11.2. The third-order valence-electron chi connectivity index (χ3n) is 1.62. The van der Waals surface area contributed by atoms with Gasteiger partial charge in [-0.3, -0.25) is 9.59 Å². The van der Waals surface area contributed by atoms with E-state index < -0.39 is 0 Å². The number of nitrogens with one attached hydrogen (secondary N) is 1. The van der Waals surface area contributed by atoms with Crippen molar-refractivity contribution in [1.29, 1.82) is 0 Å². The first-order chi connectivity index (χ1) is 7.26. The predicted molar refractivity (Wildman–Crippen MR) is 53.8 cm³/mol. The van der Waals surface area contributed by atoms with E-state index in [2.05, 4.69) is 10.3 Å². The van der Waals surface area contributed by atoms with Crippen LogP contribution in [0.15, 0.2) is 18.3 Å². The number of hydrogen-bond acceptors (Lipinski definition) is 4. The lowest BCUT2D eigenvalue weighted by Gasteiger charge is -2.05. The molecule has 0 saturated carbocycles. The van der Waals surface area contributed by atoms with Crippen LogP contribution < -0.4 is 10.1 Å². The smallest absolute Gasteiger partial charge is 0.257 e. The molecule has 0 radical (unpaired) electrons. The van der Waals surface area contributed by atoms with Gasteiger partial charge in [0, 0.05) is 6.54 Å². The van der Waals surface area contributed by atoms with Crippen molar-refractivity contribution in [3.8, 4) is 5.75 Å². The van der Waals surface area contributed by atoms with Gasteiger partial charge < -0.3 is 10.1 Å². The van der Waals surface area contributed by atoms with Crippen LogP contribution in [0.4, 0.5) is 0 Å². The maximum Gasteiger partial charge on any atom is 0.257 e. The molecule has 1 heterocycles. The molecular formula is C10H12N2O3. The van der Waals surface area contributed by atoms with Crippen LogP contribution >= 0.6 is 0 Å². The summed E-state index contributed by atoms with van der Waals surface area (Å²) in [5.74, 6) is 0.281. The summed E-state index contributed by atoms with van der Waals surface area (Å²) < 4.78 is 5.13. The zero-order chi connectivity index (χ0) is 11.1. The molecule has 0 aliphatic carbocycles. The number of nitrogens with zero attached hydrogens (tertiary/aromatic N) is 1. The molecule has 5 nitrogen and oxygen atoms in total. The number of hydrogen-bond donors (Lipinski definition) is 1. The molecule has 80 valence electrons. The Bertz CT molecular complexity index is 335. The number of pyridine rings is 1. The zero-order valence-corrected chi connectivity index (χ0v) is 8.40. The molecule has 1 rings (SSSR count). The van der Waals surface area contributed by atoms with Crippen LogP contribution in [0.2, 0.25) is 0 Å². The Morgan fingerprint density at radius 2 is 2.40 bits per heavy atom. The third kappa shape index (κ3) is 3.76. The highest BCUT2D eigenvalue weighted by Gasteiger charge is 2.01. The topological polar surface area (TPSA) is 68.3 Å². The third-order valence-corrected chi connectivity index (χ3v) is 1.62. The van der Waals surface area contributed by atoms with Crippen LogP contribution in [0.25, 0.3) is 0 Å². The SMILES string of the molecule is CCNC(=O)COc1ccc(C=O)nc1. The van der Waals surface area contributed by atoms with Crippen molar-refractivity contribution >= 4 is 12.2 Å². The Morgan fingerprint density at radius 3 is 2.93 bits per heavy atom. The maximum atomic E-state index is 11.0. The second kappa shape index (κ2) is 5.74. The van der Waals surface area contributed by atoms with Gasteiger partial charge in [-0.2, -0.15) is 0 Å². The maximum absolute atomic E-state index is 11.0. The van der Waals surface area contributed by atoms with Crippen molar-refractivity contribution in [2.45, 2.75) is 6.92 Å². The van der Waals surface area contributed by atoms with Crippen LogP contribution in [-0.4, -0.2) is 30.3 Å². The molecule has 1 amide bonds. The number of aldehydes is 1. The summed E-state index contributed by atoms with van der Waals surface area (Å²) in [5, 5.41) is 2.60.